The molecule has 0 N–H and O–H groups in total. The van der Waals surface area contributed by atoms with Crippen LogP contribution in [0.15, 0.2) is 43.1 Å². The van der Waals surface area contributed by atoms with Crippen LogP contribution in [0.1, 0.15) is 95.5 Å². The topological polar surface area (TPSA) is 59.5 Å². The minimum Gasteiger partial charge on any atom is -0.444 e. The average Bonchev–Trinajstić information content (AvgIpc) is 2.86. The minimum absolute atomic E-state index is 0.0551. The van der Waals surface area contributed by atoms with Gasteiger partial charge in [-0.05, 0) is 99.5 Å². The molecule has 2 atom stereocenters. The summed E-state index contributed by atoms with van der Waals surface area (Å²) in [6.45, 7) is 19.2. The van der Waals surface area contributed by atoms with Crippen molar-refractivity contribution in [1.82, 2.24) is 9.88 Å². The first-order valence-electron chi connectivity index (χ1n) is 13.7. The second-order valence-corrected chi connectivity index (χ2v) is 12.0. The fourth-order valence-electron chi connectivity index (χ4n) is 5.12. The third kappa shape index (κ3) is 7.52. The normalized spacial score (nSPS) is 16.3. The van der Waals surface area contributed by atoms with Gasteiger partial charge in [-0.15, -0.1) is 0 Å². The standard InChI is InChI=1S/C32H43FN2O3/c1-20(2)21(3)29(18-27-11-10-26(33)19-34-27)30-17-25(9-12-28(30)22(4)23(5)36)24-13-15-35(16-14-24)31(37)38-32(6,7)8/h9-12,17,19-21,24,29H,4,13-16,18H2,1-3,5-8H3. The molecule has 2 aromatic rings. The number of hydrogen-bond donors (Lipinski definition) is 0. The molecule has 206 valence electrons. The quantitative estimate of drug-likeness (QED) is 0.336. The van der Waals surface area contributed by atoms with Crippen molar-refractivity contribution >= 4 is 17.4 Å². The Hall–Kier alpha value is -3.02. The van der Waals surface area contributed by atoms with E-state index in [-0.39, 0.29) is 29.5 Å². The Bertz CT molecular complexity index is 1140. The van der Waals surface area contributed by atoms with E-state index in [0.717, 1.165) is 29.7 Å². The van der Waals surface area contributed by atoms with Crippen molar-refractivity contribution < 1.29 is 18.7 Å². The number of carbonyl (C=O) groups excluding carboxylic acids is 2. The Morgan fingerprint density at radius 3 is 2.32 bits per heavy atom. The van der Waals surface area contributed by atoms with Gasteiger partial charge in [-0.3, -0.25) is 9.78 Å². The number of pyridine rings is 1. The van der Waals surface area contributed by atoms with E-state index in [9.17, 15) is 14.0 Å². The molecule has 0 bridgehead atoms. The van der Waals surface area contributed by atoms with Gasteiger partial charge in [0.05, 0.1) is 6.20 Å². The van der Waals surface area contributed by atoms with Crippen LogP contribution in [0.2, 0.25) is 0 Å². The highest BCUT2D eigenvalue weighted by molar-refractivity contribution is 6.19. The number of rotatable bonds is 8. The first-order chi connectivity index (χ1) is 17.8. The van der Waals surface area contributed by atoms with E-state index in [2.05, 4.69) is 44.5 Å². The Kier molecular flexibility index (Phi) is 9.50. The van der Waals surface area contributed by atoms with Crippen molar-refractivity contribution in [1.29, 1.82) is 0 Å². The van der Waals surface area contributed by atoms with Gasteiger partial charge < -0.3 is 9.64 Å². The summed E-state index contributed by atoms with van der Waals surface area (Å²) in [5, 5.41) is 0. The smallest absolute Gasteiger partial charge is 0.410 e. The van der Waals surface area contributed by atoms with Gasteiger partial charge in [-0.25, -0.2) is 9.18 Å². The molecule has 1 saturated heterocycles. The van der Waals surface area contributed by atoms with Gasteiger partial charge in [0.1, 0.15) is 11.4 Å². The van der Waals surface area contributed by atoms with Gasteiger partial charge in [0.15, 0.2) is 5.78 Å². The van der Waals surface area contributed by atoms with Crippen LogP contribution in [0.4, 0.5) is 9.18 Å². The zero-order valence-electron chi connectivity index (χ0n) is 24.0. The Balaban J connectivity index is 1.95. The Morgan fingerprint density at radius 2 is 1.79 bits per heavy atom. The predicted octanol–water partition coefficient (Wildman–Crippen LogP) is 7.56. The summed E-state index contributed by atoms with van der Waals surface area (Å²) in [6, 6.07) is 9.57. The summed E-state index contributed by atoms with van der Waals surface area (Å²) in [6.07, 6.45) is 3.32. The van der Waals surface area contributed by atoms with E-state index in [1.165, 1.54) is 17.8 Å². The molecule has 5 nitrogen and oxygen atoms in total. The van der Waals surface area contributed by atoms with Crippen LogP contribution in [-0.2, 0) is 16.0 Å². The van der Waals surface area contributed by atoms with Crippen molar-refractivity contribution in [2.75, 3.05) is 13.1 Å². The molecule has 1 aromatic heterocycles. The molecule has 1 aliphatic heterocycles. The highest BCUT2D eigenvalue weighted by Crippen LogP contribution is 2.39. The largest absolute Gasteiger partial charge is 0.444 e. The molecule has 6 heteroatoms. The number of ketones is 1. The van der Waals surface area contributed by atoms with Crippen LogP contribution in [0.3, 0.4) is 0 Å². The Morgan fingerprint density at radius 1 is 1.13 bits per heavy atom. The van der Waals surface area contributed by atoms with Crippen molar-refractivity contribution in [2.45, 2.75) is 85.2 Å². The fourth-order valence-corrected chi connectivity index (χ4v) is 5.12. The van der Waals surface area contributed by atoms with Gasteiger partial charge in [-0.2, -0.15) is 0 Å². The first-order valence-corrected chi connectivity index (χ1v) is 13.7. The van der Waals surface area contributed by atoms with Crippen molar-refractivity contribution in [3.63, 3.8) is 0 Å². The number of amides is 1. The van der Waals surface area contributed by atoms with Gasteiger partial charge in [-0.1, -0.05) is 45.5 Å². The molecule has 1 aromatic carbocycles. The molecule has 2 heterocycles. The minimum atomic E-state index is -0.515. The lowest BCUT2D eigenvalue weighted by molar-refractivity contribution is -0.111. The lowest BCUT2D eigenvalue weighted by Gasteiger charge is -2.34. The number of Topliss-reactive ketones (excluding diaryl/α,β-unsaturated/α-hetero) is 1. The number of nitrogens with zero attached hydrogens (tertiary/aromatic N) is 2. The summed E-state index contributed by atoms with van der Waals surface area (Å²) in [4.78, 5) is 31.1. The lowest BCUT2D eigenvalue weighted by atomic mass is 9.74. The lowest BCUT2D eigenvalue weighted by Crippen LogP contribution is -2.41. The van der Waals surface area contributed by atoms with E-state index in [1.54, 1.807) is 17.9 Å². The fraction of sp³-hybridized carbons (Fsp3) is 0.531. The predicted molar refractivity (Wildman–Crippen MR) is 151 cm³/mol. The third-order valence-electron chi connectivity index (χ3n) is 7.75. The van der Waals surface area contributed by atoms with Crippen molar-refractivity contribution in [3.8, 4) is 0 Å². The van der Waals surface area contributed by atoms with Crippen molar-refractivity contribution in [2.24, 2.45) is 11.8 Å². The van der Waals surface area contributed by atoms with Gasteiger partial charge in [0.2, 0.25) is 0 Å². The van der Waals surface area contributed by atoms with Crippen LogP contribution in [0.5, 0.6) is 0 Å². The van der Waals surface area contributed by atoms with Crippen LogP contribution >= 0.6 is 0 Å². The monoisotopic (exact) mass is 522 g/mol. The Labute approximate surface area is 227 Å². The number of benzene rings is 1. The molecular formula is C32H43FN2O3. The summed E-state index contributed by atoms with van der Waals surface area (Å²) < 4.78 is 19.1. The summed E-state index contributed by atoms with van der Waals surface area (Å²) in [5.74, 6) is 0.629. The molecule has 3 rings (SSSR count). The van der Waals surface area contributed by atoms with E-state index in [4.69, 9.17) is 4.74 Å². The maximum atomic E-state index is 13.6. The number of aromatic nitrogens is 1. The van der Waals surface area contributed by atoms with Gasteiger partial charge in [0, 0.05) is 24.4 Å². The SMILES string of the molecule is C=C(C(C)=O)c1ccc(C2CCN(C(=O)OC(C)(C)C)CC2)cc1C(Cc1ccc(F)cn1)C(C)C(C)C. The second-order valence-electron chi connectivity index (χ2n) is 12.0. The molecule has 0 saturated carbocycles. The zero-order chi connectivity index (χ0) is 28.2. The number of hydrogen-bond acceptors (Lipinski definition) is 4. The summed E-state index contributed by atoms with van der Waals surface area (Å²) in [7, 11) is 0. The molecule has 2 unspecified atom stereocenters. The molecule has 38 heavy (non-hydrogen) atoms. The van der Waals surface area contributed by atoms with Gasteiger partial charge in [0.25, 0.3) is 0 Å². The van der Waals surface area contributed by atoms with Crippen LogP contribution in [-0.4, -0.2) is 40.5 Å². The summed E-state index contributed by atoms with van der Waals surface area (Å²) in [5.41, 5.74) is 3.96. The van der Waals surface area contributed by atoms with E-state index in [0.29, 0.717) is 36.9 Å². The number of allylic oxidation sites excluding steroid dienone is 1. The number of halogens is 1. The van der Waals surface area contributed by atoms with E-state index in [1.807, 2.05) is 26.8 Å². The molecular weight excluding hydrogens is 479 g/mol. The molecule has 1 fully saturated rings. The van der Waals surface area contributed by atoms with Crippen LogP contribution < -0.4 is 0 Å². The number of likely N-dealkylation sites (tertiary alicyclic amines) is 1. The number of carbonyl (C=O) groups is 2. The van der Waals surface area contributed by atoms with E-state index < -0.39 is 5.60 Å². The number of piperidine rings is 1. The maximum Gasteiger partial charge on any atom is 0.410 e. The van der Waals surface area contributed by atoms with Crippen molar-refractivity contribution in [3.05, 3.63) is 71.3 Å². The molecule has 1 amide bonds. The first kappa shape index (κ1) is 29.5. The maximum absolute atomic E-state index is 13.6. The molecule has 0 spiro atoms. The average molecular weight is 523 g/mol. The third-order valence-corrected chi connectivity index (χ3v) is 7.75. The highest BCUT2D eigenvalue weighted by atomic mass is 19.1. The van der Waals surface area contributed by atoms with Crippen LogP contribution in [0.25, 0.3) is 5.57 Å². The summed E-state index contributed by atoms with van der Waals surface area (Å²) >= 11 is 0. The second kappa shape index (κ2) is 12.2. The number of ether oxygens (including phenoxy) is 1. The van der Waals surface area contributed by atoms with E-state index >= 15 is 0 Å². The molecule has 0 aliphatic carbocycles. The molecule has 0 radical (unpaired) electrons. The molecule has 1 aliphatic rings. The zero-order valence-corrected chi connectivity index (χ0v) is 24.0. The van der Waals surface area contributed by atoms with Gasteiger partial charge >= 0.3 is 6.09 Å². The highest BCUT2D eigenvalue weighted by Gasteiger charge is 2.30. The van der Waals surface area contributed by atoms with Crippen LogP contribution in [0, 0.1) is 17.7 Å².